The first-order valence-electron chi connectivity index (χ1n) is 9.22. The zero-order chi connectivity index (χ0) is 21.1. The summed E-state index contributed by atoms with van der Waals surface area (Å²) in [7, 11) is 1.53. The molecule has 0 saturated heterocycles. The van der Waals surface area contributed by atoms with Crippen molar-refractivity contribution in [2.24, 2.45) is 0 Å². The number of methoxy groups -OCH3 is 1. The topological polar surface area (TPSA) is 60.2 Å². The lowest BCUT2D eigenvalue weighted by molar-refractivity contribution is 0.0986. The summed E-state index contributed by atoms with van der Waals surface area (Å²) in [5, 5.41) is 0.313. The second-order valence-electron chi connectivity index (χ2n) is 6.57. The van der Waals surface area contributed by atoms with Crippen molar-refractivity contribution in [2.75, 3.05) is 18.6 Å². The lowest BCUT2D eigenvalue weighted by Crippen LogP contribution is -2.32. The molecular formula is C21H18F2N4O2S. The molecular weight excluding hydrogens is 410 g/mol. The fraction of sp³-hybridized carbons (Fsp3) is 0.190. The first-order valence-corrected chi connectivity index (χ1v) is 10.0. The molecule has 0 fully saturated rings. The van der Waals surface area contributed by atoms with Crippen LogP contribution in [0.1, 0.15) is 16.8 Å². The van der Waals surface area contributed by atoms with E-state index in [-0.39, 0.29) is 11.4 Å². The lowest BCUT2D eigenvalue weighted by Gasteiger charge is -2.20. The van der Waals surface area contributed by atoms with Crippen LogP contribution < -0.4 is 9.64 Å². The van der Waals surface area contributed by atoms with Gasteiger partial charge in [0.05, 0.1) is 18.1 Å². The van der Waals surface area contributed by atoms with Gasteiger partial charge in [-0.2, -0.15) is 0 Å². The second-order valence-corrected chi connectivity index (χ2v) is 7.58. The number of imidazole rings is 1. The number of amides is 1. The minimum Gasteiger partial charge on any atom is -0.497 e. The van der Waals surface area contributed by atoms with Crippen molar-refractivity contribution in [1.82, 2.24) is 14.5 Å². The number of carbonyl (C=O) groups is 1. The maximum Gasteiger partial charge on any atom is 0.260 e. The van der Waals surface area contributed by atoms with E-state index in [1.807, 2.05) is 10.8 Å². The quantitative estimate of drug-likeness (QED) is 0.434. The number of aromatic nitrogens is 3. The van der Waals surface area contributed by atoms with Gasteiger partial charge in [0.1, 0.15) is 17.1 Å². The van der Waals surface area contributed by atoms with Crippen LogP contribution >= 0.6 is 11.3 Å². The number of benzene rings is 2. The average molecular weight is 428 g/mol. The number of halogens is 2. The van der Waals surface area contributed by atoms with Crippen LogP contribution in [-0.4, -0.2) is 34.1 Å². The third-order valence-electron chi connectivity index (χ3n) is 4.55. The van der Waals surface area contributed by atoms with Gasteiger partial charge in [-0.1, -0.05) is 17.4 Å². The Balaban J connectivity index is 1.67. The van der Waals surface area contributed by atoms with Gasteiger partial charge >= 0.3 is 0 Å². The van der Waals surface area contributed by atoms with Gasteiger partial charge in [-0.15, -0.1) is 0 Å². The Morgan fingerprint density at radius 3 is 2.90 bits per heavy atom. The highest BCUT2D eigenvalue weighted by Crippen LogP contribution is 2.32. The van der Waals surface area contributed by atoms with Gasteiger partial charge in [-0.25, -0.2) is 18.7 Å². The van der Waals surface area contributed by atoms with E-state index < -0.39 is 11.6 Å². The number of carbonyl (C=O) groups excluding carboxylic acids is 1. The minimum atomic E-state index is -0.750. The van der Waals surface area contributed by atoms with Crippen LogP contribution in [0.2, 0.25) is 0 Å². The van der Waals surface area contributed by atoms with Gasteiger partial charge < -0.3 is 9.30 Å². The van der Waals surface area contributed by atoms with E-state index in [4.69, 9.17) is 4.74 Å². The van der Waals surface area contributed by atoms with Crippen LogP contribution in [0.4, 0.5) is 13.9 Å². The molecule has 154 valence electrons. The second kappa shape index (κ2) is 8.58. The highest BCUT2D eigenvalue weighted by Gasteiger charge is 2.23. The summed E-state index contributed by atoms with van der Waals surface area (Å²) in [6.07, 6.45) is 5.84. The van der Waals surface area contributed by atoms with Crippen molar-refractivity contribution in [3.8, 4) is 5.75 Å². The van der Waals surface area contributed by atoms with E-state index in [1.165, 1.54) is 18.1 Å². The standard InChI is InChI=1S/C21H18F2N4O2S/c1-29-16-5-2-4-14(10-16)20(28)27(8-3-7-26-9-6-24-13-26)21-25-19-17(23)11-15(22)12-18(19)30-21/h2,4-6,9-13H,3,7-8H2,1H3. The van der Waals surface area contributed by atoms with Crippen LogP contribution in [0.15, 0.2) is 55.1 Å². The number of anilines is 1. The number of hydrogen-bond acceptors (Lipinski definition) is 5. The molecule has 30 heavy (non-hydrogen) atoms. The number of nitrogens with zero attached hydrogens (tertiary/aromatic N) is 4. The Bertz CT molecular complexity index is 1180. The van der Waals surface area contributed by atoms with Gasteiger partial charge in [0.25, 0.3) is 5.91 Å². The number of fused-ring (bicyclic) bond motifs is 1. The van der Waals surface area contributed by atoms with Crippen molar-refractivity contribution in [1.29, 1.82) is 0 Å². The highest BCUT2D eigenvalue weighted by molar-refractivity contribution is 7.22. The molecule has 4 aromatic rings. The summed E-state index contributed by atoms with van der Waals surface area (Å²) in [4.78, 5) is 23.1. The highest BCUT2D eigenvalue weighted by atomic mass is 32.1. The van der Waals surface area contributed by atoms with Crippen molar-refractivity contribution in [3.05, 3.63) is 72.3 Å². The Kier molecular flexibility index (Phi) is 5.71. The maximum atomic E-state index is 14.2. The van der Waals surface area contributed by atoms with Gasteiger partial charge in [-0.3, -0.25) is 9.69 Å². The van der Waals surface area contributed by atoms with Crippen molar-refractivity contribution in [3.63, 3.8) is 0 Å². The summed E-state index contributed by atoms with van der Waals surface area (Å²) in [6.45, 7) is 0.994. The summed E-state index contributed by atoms with van der Waals surface area (Å²) >= 11 is 1.08. The zero-order valence-corrected chi connectivity index (χ0v) is 16.9. The van der Waals surface area contributed by atoms with Gasteiger partial charge in [0.15, 0.2) is 10.9 Å². The molecule has 0 aliphatic rings. The van der Waals surface area contributed by atoms with Crippen LogP contribution in [0, 0.1) is 11.6 Å². The fourth-order valence-corrected chi connectivity index (χ4v) is 4.12. The molecule has 9 heteroatoms. The number of ether oxygens (including phenoxy) is 1. The minimum absolute atomic E-state index is 0.0504. The summed E-state index contributed by atoms with van der Waals surface area (Å²) in [5.74, 6) is -1.17. The Morgan fingerprint density at radius 1 is 1.27 bits per heavy atom. The van der Waals surface area contributed by atoms with Crippen LogP contribution in [-0.2, 0) is 6.54 Å². The SMILES string of the molecule is COc1cccc(C(=O)N(CCCn2ccnc2)c2nc3c(F)cc(F)cc3s2)c1. The van der Waals surface area contributed by atoms with Crippen molar-refractivity contribution < 1.29 is 18.3 Å². The summed E-state index contributed by atoms with van der Waals surface area (Å²) < 4.78 is 35.2. The van der Waals surface area contributed by atoms with Gasteiger partial charge in [0, 0.05) is 37.1 Å². The van der Waals surface area contributed by atoms with Crippen molar-refractivity contribution >= 4 is 32.6 Å². The monoisotopic (exact) mass is 428 g/mol. The van der Waals surface area contributed by atoms with E-state index in [9.17, 15) is 13.6 Å². The van der Waals surface area contributed by atoms with E-state index in [1.54, 1.807) is 36.8 Å². The molecule has 4 rings (SSSR count). The average Bonchev–Trinajstić information content (AvgIpc) is 3.40. The smallest absolute Gasteiger partial charge is 0.260 e. The molecule has 0 aliphatic carbocycles. The van der Waals surface area contributed by atoms with Crippen LogP contribution in [0.5, 0.6) is 5.75 Å². The number of hydrogen-bond donors (Lipinski definition) is 0. The molecule has 0 bridgehead atoms. The molecule has 0 N–H and O–H groups in total. The zero-order valence-electron chi connectivity index (χ0n) is 16.1. The largest absolute Gasteiger partial charge is 0.497 e. The third-order valence-corrected chi connectivity index (χ3v) is 5.58. The molecule has 2 aromatic heterocycles. The molecule has 0 aliphatic heterocycles. The van der Waals surface area contributed by atoms with Crippen LogP contribution in [0.25, 0.3) is 10.2 Å². The molecule has 0 atom stereocenters. The molecule has 1 amide bonds. The van der Waals surface area contributed by atoms with Crippen molar-refractivity contribution in [2.45, 2.75) is 13.0 Å². The van der Waals surface area contributed by atoms with Gasteiger partial charge in [0.2, 0.25) is 0 Å². The van der Waals surface area contributed by atoms with E-state index in [0.717, 1.165) is 17.4 Å². The summed E-state index contributed by atoms with van der Waals surface area (Å²) in [5.41, 5.74) is 0.470. The Hall–Kier alpha value is -3.33. The number of aryl methyl sites for hydroxylation is 1. The number of thiazole rings is 1. The molecule has 0 saturated carbocycles. The predicted octanol–water partition coefficient (Wildman–Crippen LogP) is 4.52. The third kappa shape index (κ3) is 4.16. The maximum absolute atomic E-state index is 14.2. The molecule has 0 spiro atoms. The number of rotatable bonds is 7. The molecule has 0 unspecified atom stereocenters. The Morgan fingerprint density at radius 2 is 2.13 bits per heavy atom. The molecule has 2 aromatic carbocycles. The fourth-order valence-electron chi connectivity index (χ4n) is 3.09. The Labute approximate surface area is 175 Å². The van der Waals surface area contributed by atoms with E-state index in [2.05, 4.69) is 9.97 Å². The summed E-state index contributed by atoms with van der Waals surface area (Å²) in [6, 6.07) is 8.80. The van der Waals surface area contributed by atoms with E-state index >= 15 is 0 Å². The molecule has 2 heterocycles. The molecule has 6 nitrogen and oxygen atoms in total. The predicted molar refractivity (Wildman–Crippen MR) is 111 cm³/mol. The van der Waals surface area contributed by atoms with Crippen LogP contribution in [0.3, 0.4) is 0 Å². The first-order chi connectivity index (χ1) is 14.5. The first kappa shape index (κ1) is 20.0. The molecule has 0 radical (unpaired) electrons. The van der Waals surface area contributed by atoms with E-state index in [0.29, 0.717) is 40.7 Å². The normalized spacial score (nSPS) is 11.0. The van der Waals surface area contributed by atoms with Gasteiger partial charge in [-0.05, 0) is 30.7 Å². The lowest BCUT2D eigenvalue weighted by atomic mass is 10.2.